The van der Waals surface area contributed by atoms with Gasteiger partial charge in [-0.25, -0.2) is 0 Å². The van der Waals surface area contributed by atoms with Gasteiger partial charge in [0, 0.05) is 12.6 Å². The molecule has 1 aromatic rings. The summed E-state index contributed by atoms with van der Waals surface area (Å²) in [4.78, 5) is 14.3. The maximum absolute atomic E-state index is 12.3. The minimum Gasteiger partial charge on any atom is -0.395 e. The summed E-state index contributed by atoms with van der Waals surface area (Å²) in [6.07, 6.45) is 1.76. The number of aryl methyl sites for hydroxylation is 1. The number of nitrogen functional groups attached to an aromatic ring is 1. The summed E-state index contributed by atoms with van der Waals surface area (Å²) in [5, 5.41) is 9.92. The first kappa shape index (κ1) is 16.5. The summed E-state index contributed by atoms with van der Waals surface area (Å²) in [5.41, 5.74) is 7.59. The van der Waals surface area contributed by atoms with Crippen molar-refractivity contribution in [1.82, 2.24) is 20.4 Å². The van der Waals surface area contributed by atoms with Gasteiger partial charge in [0.25, 0.3) is 5.91 Å². The van der Waals surface area contributed by atoms with Crippen LogP contribution in [0.15, 0.2) is 0 Å². The van der Waals surface area contributed by atoms with Gasteiger partial charge in [-0.15, -0.1) is 0 Å². The van der Waals surface area contributed by atoms with Crippen LogP contribution in [0.3, 0.4) is 0 Å². The van der Waals surface area contributed by atoms with E-state index in [1.54, 1.807) is 0 Å². The first-order chi connectivity index (χ1) is 9.36. The van der Waals surface area contributed by atoms with Crippen LogP contribution in [0.5, 0.6) is 0 Å². The van der Waals surface area contributed by atoms with Crippen LogP contribution in [0.1, 0.15) is 43.4 Å². The number of nitrogens with one attached hydrogen (secondary N) is 2. The highest BCUT2D eigenvalue weighted by atomic mass is 16.2. The van der Waals surface area contributed by atoms with Crippen molar-refractivity contribution in [2.24, 2.45) is 5.92 Å². The van der Waals surface area contributed by atoms with Crippen LogP contribution in [-0.4, -0.2) is 47.7 Å². The molecule has 4 N–H and O–H groups in total. The Morgan fingerprint density at radius 2 is 2.10 bits per heavy atom. The van der Waals surface area contributed by atoms with Gasteiger partial charge in [-0.3, -0.25) is 9.89 Å². The van der Waals surface area contributed by atoms with E-state index < -0.39 is 0 Å². The number of aromatic nitrogens is 2. The van der Waals surface area contributed by atoms with Crippen LogP contribution in [-0.2, 0) is 6.42 Å². The highest BCUT2D eigenvalue weighted by Gasteiger charge is 2.22. The Balaban J connectivity index is 2.78. The molecule has 1 aromatic heterocycles. The number of rotatable bonds is 7. The Morgan fingerprint density at radius 1 is 1.45 bits per heavy atom. The number of likely N-dealkylation sites (N-methyl/N-ethyl adjacent to an activating group) is 1. The highest BCUT2D eigenvalue weighted by molar-refractivity contribution is 5.97. The minimum atomic E-state index is -0.207. The Hall–Kier alpha value is -1.56. The molecule has 0 aliphatic heterocycles. The zero-order valence-electron chi connectivity index (χ0n) is 13.2. The van der Waals surface area contributed by atoms with Crippen LogP contribution in [0, 0.1) is 5.92 Å². The number of nitrogens with two attached hydrogens (primary N) is 1. The number of aromatic amines is 1. The highest BCUT2D eigenvalue weighted by Crippen LogP contribution is 2.16. The van der Waals surface area contributed by atoms with Gasteiger partial charge >= 0.3 is 0 Å². The number of H-pyrrole nitrogens is 1. The van der Waals surface area contributed by atoms with Crippen LogP contribution >= 0.6 is 0 Å². The zero-order valence-corrected chi connectivity index (χ0v) is 13.2. The van der Waals surface area contributed by atoms with E-state index in [-0.39, 0.29) is 11.9 Å². The molecular weight excluding hydrogens is 254 g/mol. The SMILES string of the molecule is CCCc1[nH]nc(C(=O)NC(CN(C)C)C(C)C)c1N. The third-order valence-electron chi connectivity index (χ3n) is 3.28. The van der Waals surface area contributed by atoms with E-state index in [0.29, 0.717) is 17.3 Å². The monoisotopic (exact) mass is 281 g/mol. The van der Waals surface area contributed by atoms with E-state index in [9.17, 15) is 4.79 Å². The van der Waals surface area contributed by atoms with Gasteiger partial charge in [-0.2, -0.15) is 5.10 Å². The molecule has 1 atom stereocenters. The third-order valence-corrected chi connectivity index (χ3v) is 3.28. The summed E-state index contributed by atoms with van der Waals surface area (Å²) >= 11 is 0. The predicted octanol–water partition coefficient (Wildman–Crippen LogP) is 1.26. The zero-order chi connectivity index (χ0) is 15.3. The van der Waals surface area contributed by atoms with E-state index in [1.165, 1.54) is 0 Å². The van der Waals surface area contributed by atoms with E-state index in [0.717, 1.165) is 25.1 Å². The van der Waals surface area contributed by atoms with Gasteiger partial charge in [0.05, 0.1) is 11.4 Å². The first-order valence-corrected chi connectivity index (χ1v) is 7.15. The molecule has 1 rings (SSSR count). The number of hydrogen-bond acceptors (Lipinski definition) is 4. The van der Waals surface area contributed by atoms with Crippen molar-refractivity contribution in [2.75, 3.05) is 26.4 Å². The Kier molecular flexibility index (Phi) is 6.01. The lowest BCUT2D eigenvalue weighted by molar-refractivity contribution is 0.0912. The molecule has 1 unspecified atom stereocenters. The lowest BCUT2D eigenvalue weighted by Gasteiger charge is -2.25. The third kappa shape index (κ3) is 4.23. The molecule has 6 heteroatoms. The van der Waals surface area contributed by atoms with E-state index in [1.807, 2.05) is 14.1 Å². The lowest BCUT2D eigenvalue weighted by Crippen LogP contribution is -2.45. The largest absolute Gasteiger partial charge is 0.395 e. The van der Waals surface area contributed by atoms with Gasteiger partial charge in [0.15, 0.2) is 5.69 Å². The number of anilines is 1. The second-order valence-electron chi connectivity index (χ2n) is 5.80. The molecule has 0 radical (unpaired) electrons. The van der Waals surface area contributed by atoms with Gasteiger partial charge in [-0.1, -0.05) is 27.2 Å². The number of carbonyl (C=O) groups is 1. The first-order valence-electron chi connectivity index (χ1n) is 7.15. The number of amides is 1. The standard InChI is InChI=1S/C14H27N5O/c1-6-7-10-12(15)13(18-17-10)14(20)16-11(9(2)3)8-19(4)5/h9,11H,6-8,15H2,1-5H3,(H,16,20)(H,17,18). The van der Waals surface area contributed by atoms with Crippen LogP contribution in [0.25, 0.3) is 0 Å². The number of nitrogens with zero attached hydrogens (tertiary/aromatic N) is 2. The molecule has 0 bridgehead atoms. The van der Waals surface area contributed by atoms with Gasteiger partial charge in [0.1, 0.15) is 0 Å². The Morgan fingerprint density at radius 3 is 2.60 bits per heavy atom. The predicted molar refractivity (Wildman–Crippen MR) is 81.6 cm³/mol. The van der Waals surface area contributed by atoms with Crippen molar-refractivity contribution in [3.05, 3.63) is 11.4 Å². The molecule has 0 aromatic carbocycles. The van der Waals surface area contributed by atoms with Gasteiger partial charge < -0.3 is 16.0 Å². The second-order valence-corrected chi connectivity index (χ2v) is 5.80. The summed E-state index contributed by atoms with van der Waals surface area (Å²) in [5.74, 6) is 0.137. The Labute approximate surface area is 121 Å². The van der Waals surface area contributed by atoms with Gasteiger partial charge in [0.2, 0.25) is 0 Å². The second kappa shape index (κ2) is 7.28. The summed E-state index contributed by atoms with van der Waals surface area (Å²) in [6, 6.07) is 0.0724. The van der Waals surface area contributed by atoms with Crippen LogP contribution in [0.2, 0.25) is 0 Å². The molecule has 0 spiro atoms. The summed E-state index contributed by atoms with van der Waals surface area (Å²) in [7, 11) is 3.98. The number of carbonyl (C=O) groups excluding carboxylic acids is 1. The smallest absolute Gasteiger partial charge is 0.274 e. The molecule has 114 valence electrons. The number of hydrogen-bond donors (Lipinski definition) is 3. The average Bonchev–Trinajstić information content (AvgIpc) is 2.70. The van der Waals surface area contributed by atoms with Crippen molar-refractivity contribution in [3.8, 4) is 0 Å². The molecule has 1 heterocycles. The summed E-state index contributed by atoms with van der Waals surface area (Å²) in [6.45, 7) is 7.02. The van der Waals surface area contributed by atoms with E-state index in [4.69, 9.17) is 5.73 Å². The molecule has 0 saturated heterocycles. The average molecular weight is 281 g/mol. The maximum Gasteiger partial charge on any atom is 0.274 e. The molecule has 0 aliphatic carbocycles. The normalized spacial score (nSPS) is 12.9. The van der Waals surface area contributed by atoms with Crippen molar-refractivity contribution in [3.63, 3.8) is 0 Å². The fourth-order valence-electron chi connectivity index (χ4n) is 2.05. The van der Waals surface area contributed by atoms with Gasteiger partial charge in [-0.05, 0) is 26.4 Å². The van der Waals surface area contributed by atoms with Crippen LogP contribution < -0.4 is 11.1 Å². The maximum atomic E-state index is 12.3. The lowest BCUT2D eigenvalue weighted by atomic mass is 10.0. The van der Waals surface area contributed by atoms with Crippen molar-refractivity contribution in [1.29, 1.82) is 0 Å². The molecule has 1 amide bonds. The summed E-state index contributed by atoms with van der Waals surface area (Å²) < 4.78 is 0. The molecule has 20 heavy (non-hydrogen) atoms. The van der Waals surface area contributed by atoms with Crippen LogP contribution in [0.4, 0.5) is 5.69 Å². The topological polar surface area (TPSA) is 87.0 Å². The molecule has 6 nitrogen and oxygen atoms in total. The van der Waals surface area contributed by atoms with E-state index >= 15 is 0 Å². The molecule has 0 aliphatic rings. The van der Waals surface area contributed by atoms with Crippen molar-refractivity contribution in [2.45, 2.75) is 39.7 Å². The molecule has 0 fully saturated rings. The fourth-order valence-corrected chi connectivity index (χ4v) is 2.05. The van der Waals surface area contributed by atoms with E-state index in [2.05, 4.69) is 41.2 Å². The molecule has 0 saturated carbocycles. The quantitative estimate of drug-likeness (QED) is 0.702. The van der Waals surface area contributed by atoms with Crippen molar-refractivity contribution >= 4 is 11.6 Å². The minimum absolute atomic E-state index is 0.0724. The fraction of sp³-hybridized carbons (Fsp3) is 0.714. The molecular formula is C14H27N5O. The van der Waals surface area contributed by atoms with Crippen molar-refractivity contribution < 1.29 is 4.79 Å². The Bertz CT molecular complexity index is 439.